The zero-order valence-corrected chi connectivity index (χ0v) is 12.9. The lowest BCUT2D eigenvalue weighted by Gasteiger charge is -2.10. The van der Waals surface area contributed by atoms with Crippen LogP contribution in [0.3, 0.4) is 0 Å². The van der Waals surface area contributed by atoms with Crippen molar-refractivity contribution in [2.24, 2.45) is 0 Å². The van der Waals surface area contributed by atoms with Crippen LogP contribution in [0.25, 0.3) is 0 Å². The van der Waals surface area contributed by atoms with Crippen LogP contribution in [0.4, 0.5) is 0 Å². The molecule has 9 nitrogen and oxygen atoms in total. The SMILES string of the molecule is CC(NC(=O)Cn1nnnc1COc1ccccc1Cl)C(=O)O. The number of nitrogens with zero attached hydrogens (tertiary/aromatic N) is 4. The summed E-state index contributed by atoms with van der Waals surface area (Å²) in [6, 6.07) is 5.91. The molecule has 1 atom stereocenters. The maximum absolute atomic E-state index is 11.8. The van der Waals surface area contributed by atoms with Gasteiger partial charge in [0.05, 0.1) is 5.02 Å². The molecule has 122 valence electrons. The molecular weight excluding hydrogens is 326 g/mol. The molecule has 2 rings (SSSR count). The van der Waals surface area contributed by atoms with E-state index in [-0.39, 0.29) is 13.2 Å². The minimum absolute atomic E-state index is 0.0124. The van der Waals surface area contributed by atoms with Crippen molar-refractivity contribution in [3.8, 4) is 5.75 Å². The molecule has 0 aliphatic rings. The molecule has 1 unspecified atom stereocenters. The van der Waals surface area contributed by atoms with Crippen LogP contribution in [0.15, 0.2) is 24.3 Å². The number of hydrogen-bond acceptors (Lipinski definition) is 6. The van der Waals surface area contributed by atoms with Crippen LogP contribution in [0.5, 0.6) is 5.75 Å². The molecule has 23 heavy (non-hydrogen) atoms. The number of aliphatic carboxylic acids is 1. The fourth-order valence-electron chi connectivity index (χ4n) is 1.64. The van der Waals surface area contributed by atoms with Gasteiger partial charge < -0.3 is 15.2 Å². The molecule has 2 N–H and O–H groups in total. The van der Waals surface area contributed by atoms with Crippen LogP contribution < -0.4 is 10.1 Å². The normalized spacial score (nSPS) is 11.7. The summed E-state index contributed by atoms with van der Waals surface area (Å²) in [5.41, 5.74) is 0. The number of nitrogens with one attached hydrogen (secondary N) is 1. The van der Waals surface area contributed by atoms with Crippen molar-refractivity contribution in [2.75, 3.05) is 0 Å². The van der Waals surface area contributed by atoms with Crippen molar-refractivity contribution in [2.45, 2.75) is 26.1 Å². The third kappa shape index (κ3) is 4.65. The molecule has 0 radical (unpaired) electrons. The highest BCUT2D eigenvalue weighted by Crippen LogP contribution is 2.23. The first-order valence-corrected chi connectivity index (χ1v) is 6.99. The number of para-hydroxylation sites is 1. The molecule has 0 fully saturated rings. The Bertz CT molecular complexity index is 705. The van der Waals surface area contributed by atoms with Gasteiger partial charge in [-0.25, -0.2) is 4.68 Å². The van der Waals surface area contributed by atoms with E-state index in [9.17, 15) is 9.59 Å². The first-order valence-electron chi connectivity index (χ1n) is 6.62. The first kappa shape index (κ1) is 16.7. The van der Waals surface area contributed by atoms with Gasteiger partial charge in [0.2, 0.25) is 5.91 Å². The molecule has 1 amide bonds. The minimum atomic E-state index is -1.13. The van der Waals surface area contributed by atoms with Gasteiger partial charge >= 0.3 is 5.97 Å². The van der Waals surface area contributed by atoms with E-state index in [1.54, 1.807) is 24.3 Å². The lowest BCUT2D eigenvalue weighted by molar-refractivity contribution is -0.141. The van der Waals surface area contributed by atoms with Crippen molar-refractivity contribution in [1.82, 2.24) is 25.5 Å². The van der Waals surface area contributed by atoms with E-state index in [4.69, 9.17) is 21.4 Å². The van der Waals surface area contributed by atoms with Gasteiger partial charge in [-0.2, -0.15) is 0 Å². The van der Waals surface area contributed by atoms with E-state index in [2.05, 4.69) is 20.8 Å². The van der Waals surface area contributed by atoms with Crippen LogP contribution in [-0.4, -0.2) is 43.2 Å². The molecule has 0 aliphatic carbocycles. The Kier molecular flexibility index (Phi) is 5.47. The zero-order chi connectivity index (χ0) is 16.8. The van der Waals surface area contributed by atoms with E-state index in [0.717, 1.165) is 0 Å². The molecule has 0 saturated carbocycles. The summed E-state index contributed by atoms with van der Waals surface area (Å²) in [5.74, 6) is -0.876. The van der Waals surface area contributed by atoms with Crippen molar-refractivity contribution in [3.05, 3.63) is 35.1 Å². The topological polar surface area (TPSA) is 119 Å². The highest BCUT2D eigenvalue weighted by atomic mass is 35.5. The summed E-state index contributed by atoms with van der Waals surface area (Å²) < 4.78 is 6.72. The molecule has 10 heteroatoms. The smallest absolute Gasteiger partial charge is 0.325 e. The van der Waals surface area contributed by atoms with Gasteiger partial charge in [-0.15, -0.1) is 5.10 Å². The molecule has 0 saturated heterocycles. The highest BCUT2D eigenvalue weighted by Gasteiger charge is 2.16. The van der Waals surface area contributed by atoms with E-state index in [0.29, 0.717) is 16.6 Å². The second-order valence-electron chi connectivity index (χ2n) is 4.60. The Morgan fingerprint density at radius 1 is 1.43 bits per heavy atom. The maximum Gasteiger partial charge on any atom is 0.325 e. The summed E-state index contributed by atoms with van der Waals surface area (Å²) in [6.45, 7) is 1.16. The van der Waals surface area contributed by atoms with Crippen LogP contribution in [0, 0.1) is 0 Å². The number of carbonyl (C=O) groups is 2. The average Bonchev–Trinajstić information content (AvgIpc) is 2.93. The van der Waals surface area contributed by atoms with Gasteiger partial charge in [0.25, 0.3) is 0 Å². The van der Waals surface area contributed by atoms with Gasteiger partial charge in [-0.05, 0) is 29.5 Å². The highest BCUT2D eigenvalue weighted by molar-refractivity contribution is 6.32. The Morgan fingerprint density at radius 2 is 2.17 bits per heavy atom. The van der Waals surface area contributed by atoms with E-state index >= 15 is 0 Å². The Hall–Kier alpha value is -2.68. The molecule has 2 aromatic rings. The third-order valence-corrected chi connectivity index (χ3v) is 3.15. The zero-order valence-electron chi connectivity index (χ0n) is 12.1. The number of hydrogen-bond donors (Lipinski definition) is 2. The van der Waals surface area contributed by atoms with E-state index < -0.39 is 17.9 Å². The van der Waals surface area contributed by atoms with Crippen LogP contribution >= 0.6 is 11.6 Å². The number of benzene rings is 1. The average molecular weight is 340 g/mol. The first-order chi connectivity index (χ1) is 11.0. The van der Waals surface area contributed by atoms with Gasteiger partial charge in [0.15, 0.2) is 5.82 Å². The predicted molar refractivity (Wildman–Crippen MR) is 78.8 cm³/mol. The lowest BCUT2D eigenvalue weighted by atomic mass is 10.3. The van der Waals surface area contributed by atoms with Crippen LogP contribution in [-0.2, 0) is 22.7 Å². The third-order valence-electron chi connectivity index (χ3n) is 2.84. The number of carbonyl (C=O) groups excluding carboxylic acids is 1. The number of carboxylic acids is 1. The van der Waals surface area contributed by atoms with Gasteiger partial charge in [-0.3, -0.25) is 9.59 Å². The molecular formula is C13H14ClN5O4. The lowest BCUT2D eigenvalue weighted by Crippen LogP contribution is -2.40. The van der Waals surface area contributed by atoms with Crippen molar-refractivity contribution < 1.29 is 19.4 Å². The van der Waals surface area contributed by atoms with E-state index in [1.165, 1.54) is 11.6 Å². The Morgan fingerprint density at radius 3 is 2.87 bits per heavy atom. The summed E-state index contributed by atoms with van der Waals surface area (Å²) in [6.07, 6.45) is 0. The number of amides is 1. The van der Waals surface area contributed by atoms with Crippen molar-refractivity contribution >= 4 is 23.5 Å². The fraction of sp³-hybridized carbons (Fsp3) is 0.308. The summed E-state index contributed by atoms with van der Waals surface area (Å²) in [7, 11) is 0. The number of aromatic nitrogens is 4. The standard InChI is InChI=1S/C13H14ClN5O4/c1-8(13(21)22)15-12(20)6-19-11(16-17-18-19)7-23-10-5-3-2-4-9(10)14/h2-5,8H,6-7H2,1H3,(H,15,20)(H,21,22). The predicted octanol–water partition coefficient (Wildman–Crippen LogP) is 0.495. The molecule has 0 aliphatic heterocycles. The number of halogens is 1. The maximum atomic E-state index is 11.8. The molecule has 0 spiro atoms. The summed E-state index contributed by atoms with van der Waals surface area (Å²) in [4.78, 5) is 22.5. The van der Waals surface area contributed by atoms with Crippen molar-refractivity contribution in [1.29, 1.82) is 0 Å². The number of rotatable bonds is 7. The van der Waals surface area contributed by atoms with Crippen molar-refractivity contribution in [3.63, 3.8) is 0 Å². The molecule has 1 aromatic carbocycles. The summed E-state index contributed by atoms with van der Waals surface area (Å²) in [5, 5.41) is 22.4. The molecule has 1 heterocycles. The number of carboxylic acid groups (broad SMARTS) is 1. The van der Waals surface area contributed by atoms with Crippen LogP contribution in [0.2, 0.25) is 5.02 Å². The summed E-state index contributed by atoms with van der Waals surface area (Å²) >= 11 is 5.97. The number of ether oxygens (including phenoxy) is 1. The number of tetrazole rings is 1. The Labute approximate surface area is 136 Å². The second kappa shape index (κ2) is 7.54. The molecule has 0 bridgehead atoms. The monoisotopic (exact) mass is 339 g/mol. The van der Waals surface area contributed by atoms with E-state index in [1.807, 2.05) is 0 Å². The van der Waals surface area contributed by atoms with Gasteiger partial charge in [0.1, 0.15) is 24.9 Å². The minimum Gasteiger partial charge on any atom is -0.484 e. The quantitative estimate of drug-likeness (QED) is 0.753. The second-order valence-corrected chi connectivity index (χ2v) is 5.01. The largest absolute Gasteiger partial charge is 0.484 e. The fourth-order valence-corrected chi connectivity index (χ4v) is 1.83. The van der Waals surface area contributed by atoms with Gasteiger partial charge in [-0.1, -0.05) is 23.7 Å². The Balaban J connectivity index is 1.96. The van der Waals surface area contributed by atoms with Crippen LogP contribution in [0.1, 0.15) is 12.7 Å². The molecule has 1 aromatic heterocycles. The van der Waals surface area contributed by atoms with Gasteiger partial charge in [0, 0.05) is 0 Å².